The Hall–Kier alpha value is -0.160. The molecule has 0 aromatic rings. The molecule has 0 amide bonds. The minimum Gasteiger partial charge on any atom is -0.298 e. The summed E-state index contributed by atoms with van der Waals surface area (Å²) in [6, 6.07) is 3.49. The van der Waals surface area contributed by atoms with Crippen LogP contribution in [0.4, 0.5) is 0 Å². The number of piperazine rings is 2. The van der Waals surface area contributed by atoms with E-state index < -0.39 is 0 Å². The average Bonchev–Trinajstić information content (AvgIpc) is 2.56. The molecule has 0 aliphatic carbocycles. The van der Waals surface area contributed by atoms with Gasteiger partial charge in [0.25, 0.3) is 0 Å². The highest BCUT2D eigenvalue weighted by molar-refractivity contribution is 4.87. The van der Waals surface area contributed by atoms with Crippen LogP contribution in [0, 0.1) is 0 Å². The molecule has 4 heteroatoms. The summed E-state index contributed by atoms with van der Waals surface area (Å²) in [6.45, 7) is 25.3. The fourth-order valence-corrected chi connectivity index (χ4v) is 4.91. The van der Waals surface area contributed by atoms with Crippen molar-refractivity contribution in [1.29, 1.82) is 0 Å². The summed E-state index contributed by atoms with van der Waals surface area (Å²) in [5.74, 6) is 0. The molecule has 2 aliphatic rings. The first-order chi connectivity index (χ1) is 11.8. The van der Waals surface area contributed by atoms with Crippen LogP contribution in [-0.4, -0.2) is 95.6 Å². The van der Waals surface area contributed by atoms with Crippen molar-refractivity contribution in [3.05, 3.63) is 0 Å². The number of likely N-dealkylation sites (N-methyl/N-ethyl adjacent to an activating group) is 1. The predicted molar refractivity (Wildman–Crippen MR) is 109 cm³/mol. The van der Waals surface area contributed by atoms with E-state index in [1.807, 2.05) is 0 Å². The third-order valence-electron chi connectivity index (χ3n) is 6.72. The molecule has 4 nitrogen and oxygen atoms in total. The van der Waals surface area contributed by atoms with Crippen LogP contribution < -0.4 is 0 Å². The SMILES string of the molecule is CCN1CCN(C(C)CCCN2C(C)CN(C(C)C)CC2C)C[C@H]1C. The molecule has 0 bridgehead atoms. The van der Waals surface area contributed by atoms with E-state index in [2.05, 4.69) is 68.1 Å². The van der Waals surface area contributed by atoms with Gasteiger partial charge in [-0.1, -0.05) is 6.92 Å². The smallest absolute Gasteiger partial charge is 0.0198 e. The van der Waals surface area contributed by atoms with Gasteiger partial charge < -0.3 is 0 Å². The Morgan fingerprint density at radius 1 is 0.840 bits per heavy atom. The second-order valence-corrected chi connectivity index (χ2v) is 8.95. The Labute approximate surface area is 157 Å². The van der Waals surface area contributed by atoms with E-state index in [1.54, 1.807) is 0 Å². The minimum absolute atomic E-state index is 0.677. The van der Waals surface area contributed by atoms with Crippen molar-refractivity contribution in [1.82, 2.24) is 19.6 Å². The minimum atomic E-state index is 0.677. The zero-order chi connectivity index (χ0) is 18.6. The van der Waals surface area contributed by atoms with Crippen LogP contribution in [-0.2, 0) is 0 Å². The van der Waals surface area contributed by atoms with E-state index in [0.29, 0.717) is 24.2 Å². The highest BCUT2D eigenvalue weighted by Gasteiger charge is 2.30. The monoisotopic (exact) mass is 352 g/mol. The van der Waals surface area contributed by atoms with E-state index in [9.17, 15) is 0 Å². The fraction of sp³-hybridized carbons (Fsp3) is 1.00. The van der Waals surface area contributed by atoms with Crippen molar-refractivity contribution in [3.8, 4) is 0 Å². The third-order valence-corrected chi connectivity index (χ3v) is 6.72. The molecule has 0 aromatic heterocycles. The summed E-state index contributed by atoms with van der Waals surface area (Å²) in [5.41, 5.74) is 0. The maximum atomic E-state index is 2.75. The quantitative estimate of drug-likeness (QED) is 0.698. The summed E-state index contributed by atoms with van der Waals surface area (Å²) in [6.07, 6.45) is 2.67. The van der Waals surface area contributed by atoms with Gasteiger partial charge >= 0.3 is 0 Å². The van der Waals surface area contributed by atoms with Gasteiger partial charge in [-0.25, -0.2) is 0 Å². The van der Waals surface area contributed by atoms with E-state index in [-0.39, 0.29) is 0 Å². The molecule has 0 spiro atoms. The lowest BCUT2D eigenvalue weighted by atomic mass is 10.0. The Balaban J connectivity index is 1.73. The molecule has 0 N–H and O–H groups in total. The van der Waals surface area contributed by atoms with Gasteiger partial charge in [0, 0.05) is 62.9 Å². The number of hydrogen-bond donors (Lipinski definition) is 0. The van der Waals surface area contributed by atoms with Crippen molar-refractivity contribution >= 4 is 0 Å². The molecule has 2 saturated heterocycles. The second-order valence-electron chi connectivity index (χ2n) is 8.95. The van der Waals surface area contributed by atoms with E-state index in [1.165, 1.54) is 58.7 Å². The van der Waals surface area contributed by atoms with E-state index >= 15 is 0 Å². The van der Waals surface area contributed by atoms with Gasteiger partial charge in [-0.15, -0.1) is 0 Å². The van der Waals surface area contributed by atoms with Crippen molar-refractivity contribution in [2.75, 3.05) is 45.8 Å². The molecule has 2 fully saturated rings. The van der Waals surface area contributed by atoms with Crippen LogP contribution in [0.1, 0.15) is 61.3 Å². The van der Waals surface area contributed by atoms with Gasteiger partial charge in [0.1, 0.15) is 0 Å². The topological polar surface area (TPSA) is 13.0 Å². The zero-order valence-corrected chi connectivity index (χ0v) is 18.0. The lowest BCUT2D eigenvalue weighted by molar-refractivity contribution is 0.0195. The normalized spacial score (nSPS) is 32.4. The molecule has 148 valence electrons. The predicted octanol–water partition coefficient (Wildman–Crippen LogP) is 2.98. The first-order valence-electron chi connectivity index (χ1n) is 10.8. The van der Waals surface area contributed by atoms with Gasteiger partial charge in [-0.3, -0.25) is 19.6 Å². The number of rotatable bonds is 7. The molecule has 3 unspecified atom stereocenters. The number of hydrogen-bond acceptors (Lipinski definition) is 4. The molecule has 2 rings (SSSR count). The summed E-state index contributed by atoms with van der Waals surface area (Å²) in [4.78, 5) is 10.7. The first-order valence-corrected chi connectivity index (χ1v) is 10.8. The van der Waals surface area contributed by atoms with Gasteiger partial charge in [0.2, 0.25) is 0 Å². The maximum absolute atomic E-state index is 2.75. The molecule has 2 aliphatic heterocycles. The Kier molecular flexibility index (Phi) is 8.19. The maximum Gasteiger partial charge on any atom is 0.0198 e. The lowest BCUT2D eigenvalue weighted by Crippen LogP contribution is -2.58. The third kappa shape index (κ3) is 5.66. The standard InChI is InChI=1S/C21H44N4/c1-8-22-12-13-23(14-19(22)5)18(4)10-9-11-25-20(6)15-24(17(2)3)16-21(25)7/h17-21H,8-16H2,1-7H3/t18?,19-,20?,21?/m1/s1. The molecule has 4 atom stereocenters. The zero-order valence-electron chi connectivity index (χ0n) is 18.0. The van der Waals surface area contributed by atoms with Crippen molar-refractivity contribution < 1.29 is 0 Å². The van der Waals surface area contributed by atoms with Crippen LogP contribution in [0.15, 0.2) is 0 Å². The van der Waals surface area contributed by atoms with E-state index in [0.717, 1.165) is 6.04 Å². The van der Waals surface area contributed by atoms with Crippen molar-refractivity contribution in [2.24, 2.45) is 0 Å². The summed E-state index contributed by atoms with van der Waals surface area (Å²) < 4.78 is 0. The van der Waals surface area contributed by atoms with Gasteiger partial charge in [-0.2, -0.15) is 0 Å². The van der Waals surface area contributed by atoms with Gasteiger partial charge in [0.05, 0.1) is 0 Å². The molecule has 2 heterocycles. The largest absolute Gasteiger partial charge is 0.298 e. The summed E-state index contributed by atoms with van der Waals surface area (Å²) in [7, 11) is 0. The molecule has 25 heavy (non-hydrogen) atoms. The van der Waals surface area contributed by atoms with Crippen LogP contribution in [0.3, 0.4) is 0 Å². The molecular weight excluding hydrogens is 308 g/mol. The van der Waals surface area contributed by atoms with Crippen LogP contribution in [0.25, 0.3) is 0 Å². The average molecular weight is 353 g/mol. The molecule has 0 aromatic carbocycles. The van der Waals surface area contributed by atoms with Crippen molar-refractivity contribution in [2.45, 2.75) is 91.5 Å². The highest BCUT2D eigenvalue weighted by atomic mass is 15.3. The highest BCUT2D eigenvalue weighted by Crippen LogP contribution is 2.20. The molecular formula is C21H44N4. The second kappa shape index (κ2) is 9.68. The Bertz CT molecular complexity index is 374. The van der Waals surface area contributed by atoms with E-state index in [4.69, 9.17) is 0 Å². The fourth-order valence-electron chi connectivity index (χ4n) is 4.91. The van der Waals surface area contributed by atoms with Crippen LogP contribution in [0.2, 0.25) is 0 Å². The Morgan fingerprint density at radius 3 is 1.96 bits per heavy atom. The van der Waals surface area contributed by atoms with Gasteiger partial charge in [-0.05, 0) is 67.5 Å². The first kappa shape index (κ1) is 21.1. The van der Waals surface area contributed by atoms with Crippen LogP contribution in [0.5, 0.6) is 0 Å². The van der Waals surface area contributed by atoms with Crippen LogP contribution >= 0.6 is 0 Å². The Morgan fingerprint density at radius 2 is 1.44 bits per heavy atom. The summed E-state index contributed by atoms with van der Waals surface area (Å²) >= 11 is 0. The number of nitrogens with zero attached hydrogens (tertiary/aromatic N) is 4. The molecule has 0 radical (unpaired) electrons. The molecule has 0 saturated carbocycles. The van der Waals surface area contributed by atoms with Crippen molar-refractivity contribution in [3.63, 3.8) is 0 Å². The summed E-state index contributed by atoms with van der Waals surface area (Å²) in [5, 5.41) is 0. The van der Waals surface area contributed by atoms with Gasteiger partial charge in [0.15, 0.2) is 0 Å². The lowest BCUT2D eigenvalue weighted by Gasteiger charge is -2.46.